The van der Waals surface area contributed by atoms with E-state index < -0.39 is 0 Å². The molecule has 2 rings (SSSR count). The van der Waals surface area contributed by atoms with E-state index in [0.29, 0.717) is 16.6 Å². The Bertz CT molecular complexity index is 357. The molecule has 0 bridgehead atoms. The van der Waals surface area contributed by atoms with E-state index in [2.05, 4.69) is 0 Å². The summed E-state index contributed by atoms with van der Waals surface area (Å²) in [5, 5.41) is 1.20. The zero-order valence-electron chi connectivity index (χ0n) is 9.01. The van der Waals surface area contributed by atoms with Gasteiger partial charge in [-0.2, -0.15) is 0 Å². The molecule has 88 valence electrons. The first-order valence-corrected chi connectivity index (χ1v) is 6.24. The maximum atomic E-state index is 5.99. The average molecular weight is 260 g/mol. The van der Waals surface area contributed by atoms with Crippen LogP contribution in [-0.2, 0) is 0 Å². The van der Waals surface area contributed by atoms with Crippen LogP contribution < -0.4 is 10.5 Å². The molecule has 1 saturated carbocycles. The number of hydrogen-bond donors (Lipinski definition) is 1. The third-order valence-corrected chi connectivity index (χ3v) is 3.47. The van der Waals surface area contributed by atoms with Crippen LogP contribution in [0, 0.1) is 0 Å². The van der Waals surface area contributed by atoms with Crippen molar-refractivity contribution < 1.29 is 4.74 Å². The van der Waals surface area contributed by atoms with Crippen LogP contribution in [0.5, 0.6) is 5.75 Å². The first kappa shape index (κ1) is 12.0. The highest BCUT2D eigenvalue weighted by atomic mass is 35.5. The molecule has 1 aliphatic carbocycles. The summed E-state index contributed by atoms with van der Waals surface area (Å²) in [4.78, 5) is 0. The van der Waals surface area contributed by atoms with E-state index in [9.17, 15) is 0 Å². The van der Waals surface area contributed by atoms with Gasteiger partial charge in [0.2, 0.25) is 0 Å². The monoisotopic (exact) mass is 259 g/mol. The molecule has 2 N–H and O–H groups in total. The maximum Gasteiger partial charge on any atom is 0.123 e. The lowest BCUT2D eigenvalue weighted by atomic mass is 9.77. The van der Waals surface area contributed by atoms with Crippen molar-refractivity contribution in [1.29, 1.82) is 0 Å². The Labute approximate surface area is 106 Å². The lowest BCUT2D eigenvalue weighted by Gasteiger charge is -2.42. The molecule has 4 heteroatoms. The molecule has 0 unspecified atom stereocenters. The van der Waals surface area contributed by atoms with Gasteiger partial charge in [0, 0.05) is 10.0 Å². The minimum atomic E-state index is -0.0806. The van der Waals surface area contributed by atoms with Gasteiger partial charge < -0.3 is 10.5 Å². The Kier molecular flexibility index (Phi) is 3.63. The summed E-state index contributed by atoms with van der Waals surface area (Å²) >= 11 is 11.9. The number of benzene rings is 1. The van der Waals surface area contributed by atoms with Gasteiger partial charge in [-0.25, -0.2) is 0 Å². The molecule has 0 radical (unpaired) electrons. The summed E-state index contributed by atoms with van der Waals surface area (Å²) in [5.74, 6) is 0.741. The van der Waals surface area contributed by atoms with Gasteiger partial charge in [-0.3, -0.25) is 0 Å². The van der Waals surface area contributed by atoms with Crippen LogP contribution in [-0.4, -0.2) is 12.1 Å². The van der Waals surface area contributed by atoms with Crippen LogP contribution in [0.2, 0.25) is 10.0 Å². The fourth-order valence-electron chi connectivity index (χ4n) is 2.07. The molecule has 2 nitrogen and oxygen atoms in total. The second-order valence-electron chi connectivity index (χ2n) is 4.28. The average Bonchev–Trinajstić information content (AvgIpc) is 2.13. The molecule has 0 spiro atoms. The molecule has 0 aromatic heterocycles. The van der Waals surface area contributed by atoms with Crippen molar-refractivity contribution in [2.75, 3.05) is 6.54 Å². The van der Waals surface area contributed by atoms with Crippen LogP contribution in [0.25, 0.3) is 0 Å². The normalized spacial score (nSPS) is 17.9. The zero-order valence-corrected chi connectivity index (χ0v) is 10.5. The van der Waals surface area contributed by atoms with Crippen LogP contribution in [0.3, 0.4) is 0 Å². The van der Waals surface area contributed by atoms with Crippen molar-refractivity contribution in [1.82, 2.24) is 0 Å². The van der Waals surface area contributed by atoms with E-state index in [-0.39, 0.29) is 5.60 Å². The molecular formula is C12H15Cl2NO. The van der Waals surface area contributed by atoms with Gasteiger partial charge in [-0.05, 0) is 50.4 Å². The number of rotatable bonds is 4. The first-order chi connectivity index (χ1) is 7.63. The molecule has 1 fully saturated rings. The highest BCUT2D eigenvalue weighted by molar-refractivity contribution is 6.34. The lowest BCUT2D eigenvalue weighted by molar-refractivity contribution is -0.0124. The summed E-state index contributed by atoms with van der Waals surface area (Å²) in [6.45, 7) is 0.647. The van der Waals surface area contributed by atoms with Gasteiger partial charge in [0.1, 0.15) is 11.4 Å². The van der Waals surface area contributed by atoms with E-state index in [1.54, 1.807) is 18.2 Å². The third-order valence-electron chi connectivity index (χ3n) is 3.04. The first-order valence-electron chi connectivity index (χ1n) is 5.49. The quantitative estimate of drug-likeness (QED) is 0.896. The van der Waals surface area contributed by atoms with E-state index in [4.69, 9.17) is 33.7 Å². The van der Waals surface area contributed by atoms with Crippen LogP contribution in [0.4, 0.5) is 0 Å². The summed E-state index contributed by atoms with van der Waals surface area (Å²) in [5.41, 5.74) is 5.52. The van der Waals surface area contributed by atoms with Crippen molar-refractivity contribution >= 4 is 23.2 Å². The highest BCUT2D eigenvalue weighted by Gasteiger charge is 2.38. The van der Waals surface area contributed by atoms with E-state index in [0.717, 1.165) is 25.0 Å². The molecular weight excluding hydrogens is 245 g/mol. The second kappa shape index (κ2) is 4.82. The van der Waals surface area contributed by atoms with Gasteiger partial charge in [0.05, 0.1) is 0 Å². The Morgan fingerprint density at radius 3 is 2.25 bits per heavy atom. The number of hydrogen-bond acceptors (Lipinski definition) is 2. The Hall–Kier alpha value is -0.440. The van der Waals surface area contributed by atoms with Gasteiger partial charge in [-0.1, -0.05) is 23.2 Å². The van der Waals surface area contributed by atoms with Crippen molar-refractivity contribution in [3.8, 4) is 5.75 Å². The van der Waals surface area contributed by atoms with Crippen molar-refractivity contribution in [3.63, 3.8) is 0 Å². The fourth-order valence-corrected chi connectivity index (χ4v) is 2.58. The minimum Gasteiger partial charge on any atom is -0.487 e. The standard InChI is InChI=1S/C12H15Cl2NO/c13-9-6-10(14)8-11(7-9)16-12(4-5-15)2-1-3-12/h6-8H,1-5,15H2. The Balaban J connectivity index is 2.12. The largest absolute Gasteiger partial charge is 0.487 e. The topological polar surface area (TPSA) is 35.2 Å². The van der Waals surface area contributed by atoms with Gasteiger partial charge >= 0.3 is 0 Å². The van der Waals surface area contributed by atoms with Gasteiger partial charge in [-0.15, -0.1) is 0 Å². The SMILES string of the molecule is NCCC1(Oc2cc(Cl)cc(Cl)c2)CCC1. The van der Waals surface area contributed by atoms with Gasteiger partial charge in [0.15, 0.2) is 0 Å². The molecule has 1 aromatic rings. The van der Waals surface area contributed by atoms with Crippen LogP contribution in [0.1, 0.15) is 25.7 Å². The van der Waals surface area contributed by atoms with Crippen molar-refractivity contribution in [2.45, 2.75) is 31.3 Å². The summed E-state index contributed by atoms with van der Waals surface area (Å²) < 4.78 is 5.99. The molecule has 16 heavy (non-hydrogen) atoms. The van der Waals surface area contributed by atoms with E-state index in [1.165, 1.54) is 6.42 Å². The highest BCUT2D eigenvalue weighted by Crippen LogP contribution is 2.40. The van der Waals surface area contributed by atoms with Gasteiger partial charge in [0.25, 0.3) is 0 Å². The van der Waals surface area contributed by atoms with E-state index in [1.807, 2.05) is 0 Å². The van der Waals surface area contributed by atoms with Crippen LogP contribution in [0.15, 0.2) is 18.2 Å². The minimum absolute atomic E-state index is 0.0806. The Morgan fingerprint density at radius 1 is 1.19 bits per heavy atom. The smallest absolute Gasteiger partial charge is 0.123 e. The maximum absolute atomic E-state index is 5.99. The van der Waals surface area contributed by atoms with Crippen LogP contribution >= 0.6 is 23.2 Å². The van der Waals surface area contributed by atoms with Crippen molar-refractivity contribution in [3.05, 3.63) is 28.2 Å². The summed E-state index contributed by atoms with van der Waals surface area (Å²) in [6, 6.07) is 5.29. The third kappa shape index (κ3) is 2.62. The zero-order chi connectivity index (χ0) is 11.6. The molecule has 0 heterocycles. The Morgan fingerprint density at radius 2 is 1.81 bits per heavy atom. The predicted octanol–water partition coefficient (Wildman–Crippen LogP) is 3.64. The molecule has 1 aliphatic rings. The number of ether oxygens (including phenoxy) is 1. The fraction of sp³-hybridized carbons (Fsp3) is 0.500. The summed E-state index contributed by atoms with van der Waals surface area (Å²) in [6.07, 6.45) is 4.22. The molecule has 0 atom stereocenters. The number of halogens is 2. The van der Waals surface area contributed by atoms with Crippen molar-refractivity contribution in [2.24, 2.45) is 5.73 Å². The molecule has 0 amide bonds. The molecule has 1 aromatic carbocycles. The molecule has 0 aliphatic heterocycles. The molecule has 0 saturated heterocycles. The second-order valence-corrected chi connectivity index (χ2v) is 5.16. The summed E-state index contributed by atoms with van der Waals surface area (Å²) in [7, 11) is 0. The lowest BCUT2D eigenvalue weighted by Crippen LogP contribution is -2.44. The number of nitrogens with two attached hydrogens (primary N) is 1. The predicted molar refractivity (Wildman–Crippen MR) is 67.3 cm³/mol. The van der Waals surface area contributed by atoms with E-state index >= 15 is 0 Å².